The van der Waals surface area contributed by atoms with Gasteiger partial charge in [-0.05, 0) is 32.0 Å². The summed E-state index contributed by atoms with van der Waals surface area (Å²) >= 11 is 0. The fourth-order valence-electron chi connectivity index (χ4n) is 4.13. The molecule has 7 atom stereocenters. The first kappa shape index (κ1) is 30.1. The van der Waals surface area contributed by atoms with Crippen molar-refractivity contribution in [3.05, 3.63) is 12.2 Å². The number of ether oxygens (including phenoxy) is 1. The van der Waals surface area contributed by atoms with Crippen LogP contribution in [0, 0.1) is 17.8 Å². The lowest BCUT2D eigenvalue weighted by molar-refractivity contribution is -0.140. The van der Waals surface area contributed by atoms with Crippen molar-refractivity contribution in [2.24, 2.45) is 17.8 Å². The quantitative estimate of drug-likeness (QED) is 0.196. The molecule has 0 amide bonds. The molecule has 33 heavy (non-hydrogen) atoms. The second-order valence-corrected chi connectivity index (χ2v) is 15.8. The zero-order chi connectivity index (χ0) is 25.8. The van der Waals surface area contributed by atoms with Crippen LogP contribution in [0.4, 0.5) is 0 Å². The minimum absolute atomic E-state index is 0.0846. The summed E-state index contributed by atoms with van der Waals surface area (Å²) in [6, 6.07) is 0. The maximum absolute atomic E-state index is 13.5. The van der Waals surface area contributed by atoms with Gasteiger partial charge in [0.2, 0.25) is 0 Å². The number of hydrogen-bond acceptors (Lipinski definition) is 7. The second kappa shape index (κ2) is 11.7. The summed E-state index contributed by atoms with van der Waals surface area (Å²) in [7, 11) is -2.39. The van der Waals surface area contributed by atoms with E-state index in [-0.39, 0.29) is 35.7 Å². The van der Waals surface area contributed by atoms with Crippen molar-refractivity contribution in [1.82, 2.24) is 0 Å². The average Bonchev–Trinajstić information content (AvgIpc) is 3.40. The van der Waals surface area contributed by atoms with E-state index >= 15 is 0 Å². The van der Waals surface area contributed by atoms with Crippen molar-refractivity contribution in [3.63, 3.8) is 0 Å². The van der Waals surface area contributed by atoms with Crippen LogP contribution in [0.1, 0.15) is 61.3 Å². The predicted molar refractivity (Wildman–Crippen MR) is 131 cm³/mol. The molecule has 1 fully saturated rings. The van der Waals surface area contributed by atoms with E-state index in [1.54, 1.807) is 6.92 Å². The summed E-state index contributed by atoms with van der Waals surface area (Å²) in [5.41, 5.74) is -0.804. The van der Waals surface area contributed by atoms with Crippen LogP contribution in [-0.2, 0) is 18.8 Å². The molecule has 0 aliphatic carbocycles. The fraction of sp³-hybridized carbons (Fsp3) is 0.840. The highest BCUT2D eigenvalue weighted by atomic mass is 28.4. The van der Waals surface area contributed by atoms with Gasteiger partial charge in [0, 0.05) is 18.8 Å². The highest BCUT2D eigenvalue weighted by Gasteiger charge is 2.64. The van der Waals surface area contributed by atoms with E-state index < -0.39 is 57.0 Å². The summed E-state index contributed by atoms with van der Waals surface area (Å²) in [6.45, 7) is 16.9. The summed E-state index contributed by atoms with van der Waals surface area (Å²) in [5.74, 6) is -2.80. The molecule has 0 unspecified atom stereocenters. The average molecular weight is 487 g/mol. The highest BCUT2D eigenvalue weighted by Crippen LogP contribution is 2.50. The summed E-state index contributed by atoms with van der Waals surface area (Å²) in [4.78, 5) is 25.4. The third-order valence-corrected chi connectivity index (χ3v) is 11.9. The molecule has 0 aromatic carbocycles. The van der Waals surface area contributed by atoms with Gasteiger partial charge in [0.15, 0.2) is 8.32 Å². The normalized spacial score (nSPS) is 26.0. The van der Waals surface area contributed by atoms with Gasteiger partial charge in [-0.3, -0.25) is 9.59 Å². The smallest absolute Gasteiger partial charge is 0.192 e. The van der Waals surface area contributed by atoms with E-state index in [1.165, 1.54) is 0 Å². The summed E-state index contributed by atoms with van der Waals surface area (Å²) in [6.07, 6.45) is 1.75. The molecule has 0 bridgehead atoms. The predicted octanol–water partition coefficient (Wildman–Crippen LogP) is 3.26. The Labute approximate surface area is 200 Å². The van der Waals surface area contributed by atoms with E-state index in [0.29, 0.717) is 0 Å². The van der Waals surface area contributed by atoms with Gasteiger partial charge in [0.1, 0.15) is 17.2 Å². The van der Waals surface area contributed by atoms with Crippen LogP contribution < -0.4 is 0 Å². The molecule has 0 aromatic rings. The molecule has 1 rings (SSSR count). The lowest BCUT2D eigenvalue weighted by Gasteiger charge is -2.43. The number of hydrogen-bond donors (Lipinski definition) is 3. The largest absolute Gasteiger partial charge is 0.410 e. The number of rotatable bonds is 14. The van der Waals surface area contributed by atoms with E-state index in [2.05, 4.69) is 33.9 Å². The molecule has 1 heterocycles. The fourth-order valence-corrected chi connectivity index (χ4v) is 5.51. The van der Waals surface area contributed by atoms with Gasteiger partial charge >= 0.3 is 0 Å². The van der Waals surface area contributed by atoms with Gasteiger partial charge in [0.05, 0.1) is 43.4 Å². The molecule has 1 aliphatic heterocycles. The second-order valence-electron chi connectivity index (χ2n) is 11.1. The van der Waals surface area contributed by atoms with E-state index in [1.807, 2.05) is 32.9 Å². The van der Waals surface area contributed by atoms with Crippen molar-refractivity contribution in [1.29, 1.82) is 0 Å². The first-order valence-electron chi connectivity index (χ1n) is 12.0. The van der Waals surface area contributed by atoms with Gasteiger partial charge < -0.3 is 24.5 Å². The van der Waals surface area contributed by atoms with Crippen LogP contribution in [0.3, 0.4) is 0 Å². The standard InChI is InChI=1S/C25H46O7Si/c1-10-12-16(3)22-25(7,31-22)23(32-33(8,9)24(4,5)6)19(15-27)21(30)18(14-26)20(29)13-17(28)11-2/h10,12,16,18-20,22-23,26-27,29H,11,13-15H2,1-9H3/b12-10-/t16-,18-,19-,20+,22+,23-,25-/m0/s1. The zero-order valence-electron chi connectivity index (χ0n) is 21.9. The van der Waals surface area contributed by atoms with Crippen LogP contribution in [0.2, 0.25) is 18.1 Å². The Morgan fingerprint density at radius 3 is 2.15 bits per heavy atom. The zero-order valence-corrected chi connectivity index (χ0v) is 22.9. The Morgan fingerprint density at radius 1 is 1.18 bits per heavy atom. The topological polar surface area (TPSA) is 117 Å². The maximum atomic E-state index is 13.5. The van der Waals surface area contributed by atoms with Crippen molar-refractivity contribution >= 4 is 19.9 Å². The van der Waals surface area contributed by atoms with Crippen molar-refractivity contribution in [3.8, 4) is 0 Å². The number of carbonyl (C=O) groups excluding carboxylic acids is 2. The minimum atomic E-state index is -2.39. The Balaban J connectivity index is 3.36. The first-order valence-corrected chi connectivity index (χ1v) is 15.0. The Kier molecular flexibility index (Phi) is 10.7. The number of ketones is 2. The van der Waals surface area contributed by atoms with Gasteiger partial charge in [-0.25, -0.2) is 0 Å². The molecule has 8 heteroatoms. The van der Waals surface area contributed by atoms with Crippen molar-refractivity contribution in [2.45, 2.75) is 103 Å². The van der Waals surface area contributed by atoms with Gasteiger partial charge in [-0.15, -0.1) is 0 Å². The molecule has 192 valence electrons. The van der Waals surface area contributed by atoms with Crippen LogP contribution >= 0.6 is 0 Å². The van der Waals surface area contributed by atoms with Gasteiger partial charge in [-0.2, -0.15) is 0 Å². The molecule has 7 nitrogen and oxygen atoms in total. The molecule has 0 aromatic heterocycles. The maximum Gasteiger partial charge on any atom is 0.192 e. The summed E-state index contributed by atoms with van der Waals surface area (Å²) < 4.78 is 12.8. The third kappa shape index (κ3) is 7.05. The molecule has 0 radical (unpaired) electrons. The first-order chi connectivity index (χ1) is 15.1. The molecule has 3 N–H and O–H groups in total. The Bertz CT molecular complexity index is 699. The van der Waals surface area contributed by atoms with Gasteiger partial charge in [0.25, 0.3) is 0 Å². The van der Waals surface area contributed by atoms with Crippen molar-refractivity contribution in [2.75, 3.05) is 13.2 Å². The molecule has 0 saturated carbocycles. The number of Topliss-reactive ketones (excluding diaryl/α,β-unsaturated/α-hetero) is 2. The Morgan fingerprint density at radius 2 is 1.73 bits per heavy atom. The lowest BCUT2D eigenvalue weighted by Crippen LogP contribution is -2.55. The SMILES string of the molecule is C/C=C\[C@H](C)[C@H]1O[C@]1(C)[C@@H](O[Si](C)(C)C(C)(C)C)[C@@H](CO)C(=O)[C@@H](CO)[C@H](O)CC(=O)CC. The molecule has 1 saturated heterocycles. The summed E-state index contributed by atoms with van der Waals surface area (Å²) in [5, 5.41) is 30.7. The molecular formula is C25H46O7Si. The lowest BCUT2D eigenvalue weighted by atomic mass is 9.79. The van der Waals surface area contributed by atoms with Crippen LogP contribution in [0.25, 0.3) is 0 Å². The molecule has 0 spiro atoms. The van der Waals surface area contributed by atoms with Crippen molar-refractivity contribution < 1.29 is 34.1 Å². The van der Waals surface area contributed by atoms with E-state index in [4.69, 9.17) is 9.16 Å². The molecular weight excluding hydrogens is 440 g/mol. The highest BCUT2D eigenvalue weighted by molar-refractivity contribution is 6.74. The van der Waals surface area contributed by atoms with E-state index in [0.717, 1.165) is 0 Å². The minimum Gasteiger partial charge on any atom is -0.410 e. The van der Waals surface area contributed by atoms with Gasteiger partial charge in [-0.1, -0.05) is 46.8 Å². The van der Waals surface area contributed by atoms with Crippen LogP contribution in [-0.4, -0.2) is 72.3 Å². The number of aliphatic hydroxyl groups excluding tert-OH is 3. The Hall–Kier alpha value is -0.903. The van der Waals surface area contributed by atoms with E-state index in [9.17, 15) is 24.9 Å². The van der Waals surface area contributed by atoms with Crippen LogP contribution in [0.15, 0.2) is 12.2 Å². The molecule has 1 aliphatic rings. The number of carbonyl (C=O) groups is 2. The monoisotopic (exact) mass is 486 g/mol. The number of allylic oxidation sites excluding steroid dienone is 1. The number of epoxide rings is 1. The number of aliphatic hydroxyl groups is 3. The van der Waals surface area contributed by atoms with Crippen LogP contribution in [0.5, 0.6) is 0 Å². The third-order valence-electron chi connectivity index (χ3n) is 7.44.